The van der Waals surface area contributed by atoms with Gasteiger partial charge in [0.2, 0.25) is 5.91 Å². The van der Waals surface area contributed by atoms with Gasteiger partial charge in [-0.3, -0.25) is 4.79 Å². The zero-order valence-corrected chi connectivity index (χ0v) is 14.5. The van der Waals surface area contributed by atoms with Gasteiger partial charge in [-0.05, 0) is 57.0 Å². The lowest BCUT2D eigenvalue weighted by Crippen LogP contribution is -2.34. The van der Waals surface area contributed by atoms with Crippen molar-refractivity contribution in [2.75, 3.05) is 36.4 Å². The first kappa shape index (κ1) is 18.1. The number of benzene rings is 1. The van der Waals surface area contributed by atoms with Crippen LogP contribution in [0.1, 0.15) is 38.5 Å². The maximum Gasteiger partial charge on any atom is 0.227 e. The summed E-state index contributed by atoms with van der Waals surface area (Å²) in [6, 6.07) is 8.34. The fourth-order valence-corrected chi connectivity index (χ4v) is 3.44. The van der Waals surface area contributed by atoms with E-state index in [9.17, 15) is 4.79 Å². The van der Waals surface area contributed by atoms with E-state index in [-0.39, 0.29) is 24.2 Å². The zero-order valence-electron chi connectivity index (χ0n) is 13.7. The monoisotopic (exact) mass is 337 g/mol. The molecule has 1 aromatic rings. The van der Waals surface area contributed by atoms with Crippen LogP contribution in [0.4, 0.5) is 11.4 Å². The Kier molecular flexibility index (Phi) is 7.18. The topological polar surface area (TPSA) is 44.4 Å². The van der Waals surface area contributed by atoms with Gasteiger partial charge >= 0.3 is 0 Å². The van der Waals surface area contributed by atoms with Gasteiger partial charge < -0.3 is 15.5 Å². The van der Waals surface area contributed by atoms with Crippen molar-refractivity contribution in [2.24, 2.45) is 5.92 Å². The first-order chi connectivity index (χ1) is 10.8. The molecule has 2 aliphatic rings. The number of anilines is 2. The van der Waals surface area contributed by atoms with Crippen LogP contribution < -0.4 is 15.5 Å². The Balaban J connectivity index is 0.00000192. The van der Waals surface area contributed by atoms with Crippen LogP contribution in [0.3, 0.4) is 0 Å². The lowest BCUT2D eigenvalue weighted by Gasteiger charge is -2.24. The average molecular weight is 338 g/mol. The van der Waals surface area contributed by atoms with E-state index < -0.39 is 0 Å². The van der Waals surface area contributed by atoms with Gasteiger partial charge in [0.1, 0.15) is 0 Å². The van der Waals surface area contributed by atoms with E-state index >= 15 is 0 Å². The summed E-state index contributed by atoms with van der Waals surface area (Å²) in [6.07, 6.45) is 7.10. The molecule has 0 bridgehead atoms. The predicted molar refractivity (Wildman–Crippen MR) is 98.6 cm³/mol. The van der Waals surface area contributed by atoms with Crippen LogP contribution in [0.25, 0.3) is 0 Å². The summed E-state index contributed by atoms with van der Waals surface area (Å²) in [6.45, 7) is 4.16. The van der Waals surface area contributed by atoms with Gasteiger partial charge in [-0.15, -0.1) is 12.4 Å². The predicted octanol–water partition coefficient (Wildman–Crippen LogP) is 3.43. The molecule has 2 heterocycles. The highest BCUT2D eigenvalue weighted by Gasteiger charge is 2.21. The Hall–Kier alpha value is -1.26. The molecule has 0 saturated carbocycles. The van der Waals surface area contributed by atoms with Gasteiger partial charge in [-0.25, -0.2) is 0 Å². The highest BCUT2D eigenvalue weighted by atomic mass is 35.5. The number of halogens is 1. The maximum absolute atomic E-state index is 12.4. The SMILES string of the molecule is Cl.O=C(Nc1cccc(N2CCCCCC2)c1)C1CCNCC1. The minimum absolute atomic E-state index is 0. The largest absolute Gasteiger partial charge is 0.371 e. The van der Waals surface area contributed by atoms with Gasteiger partial charge in [0.25, 0.3) is 0 Å². The van der Waals surface area contributed by atoms with Gasteiger partial charge in [0.05, 0.1) is 0 Å². The Bertz CT molecular complexity index is 495. The number of piperidine rings is 1. The van der Waals surface area contributed by atoms with Crippen LogP contribution in [0, 0.1) is 5.92 Å². The quantitative estimate of drug-likeness (QED) is 0.888. The molecule has 5 heteroatoms. The standard InChI is InChI=1S/C18H27N3O.ClH/c22-18(15-8-10-19-11-9-15)20-16-6-5-7-17(14-16)21-12-3-1-2-4-13-21;/h5-7,14-15,19H,1-4,8-13H2,(H,20,22);1H. The molecule has 2 saturated heterocycles. The number of carbonyl (C=O) groups is 1. The first-order valence-corrected chi connectivity index (χ1v) is 8.69. The van der Waals surface area contributed by atoms with Crippen LogP contribution in [0.2, 0.25) is 0 Å². The smallest absolute Gasteiger partial charge is 0.227 e. The second kappa shape index (κ2) is 9.14. The minimum Gasteiger partial charge on any atom is -0.371 e. The minimum atomic E-state index is 0. The van der Waals surface area contributed by atoms with Gasteiger partial charge in [0, 0.05) is 30.4 Å². The molecule has 0 aromatic heterocycles. The highest BCUT2D eigenvalue weighted by Crippen LogP contribution is 2.23. The third kappa shape index (κ3) is 5.11. The lowest BCUT2D eigenvalue weighted by molar-refractivity contribution is -0.120. The van der Waals surface area contributed by atoms with E-state index in [4.69, 9.17) is 0 Å². The maximum atomic E-state index is 12.4. The molecule has 1 aromatic carbocycles. The fourth-order valence-electron chi connectivity index (χ4n) is 3.44. The molecular formula is C18H28ClN3O. The van der Waals surface area contributed by atoms with Crippen LogP contribution in [-0.2, 0) is 4.79 Å². The molecule has 2 aliphatic heterocycles. The van der Waals surface area contributed by atoms with Gasteiger partial charge in [-0.2, -0.15) is 0 Å². The summed E-state index contributed by atoms with van der Waals surface area (Å²) in [5, 5.41) is 6.42. The van der Waals surface area contributed by atoms with E-state index in [0.717, 1.165) is 44.7 Å². The van der Waals surface area contributed by atoms with Gasteiger partial charge in [-0.1, -0.05) is 18.9 Å². The Morgan fingerprint density at radius 1 is 1.09 bits per heavy atom. The van der Waals surface area contributed by atoms with Gasteiger partial charge in [0.15, 0.2) is 0 Å². The molecule has 0 spiro atoms. The molecule has 2 N–H and O–H groups in total. The van der Waals surface area contributed by atoms with Crippen molar-refractivity contribution in [1.29, 1.82) is 0 Å². The second-order valence-electron chi connectivity index (χ2n) is 6.47. The van der Waals surface area contributed by atoms with Crippen molar-refractivity contribution in [3.05, 3.63) is 24.3 Å². The Morgan fingerprint density at radius 3 is 2.48 bits per heavy atom. The van der Waals surface area contributed by atoms with E-state index in [1.807, 2.05) is 6.07 Å². The molecule has 2 fully saturated rings. The average Bonchev–Trinajstić information content (AvgIpc) is 2.85. The molecule has 0 atom stereocenters. The molecule has 0 unspecified atom stereocenters. The molecule has 0 radical (unpaired) electrons. The molecular weight excluding hydrogens is 310 g/mol. The summed E-state index contributed by atoms with van der Waals surface area (Å²) < 4.78 is 0. The number of rotatable bonds is 3. The summed E-state index contributed by atoms with van der Waals surface area (Å²) >= 11 is 0. The van der Waals surface area contributed by atoms with E-state index in [1.54, 1.807) is 0 Å². The van der Waals surface area contributed by atoms with Crippen molar-refractivity contribution in [1.82, 2.24) is 5.32 Å². The highest BCUT2D eigenvalue weighted by molar-refractivity contribution is 5.93. The molecule has 23 heavy (non-hydrogen) atoms. The van der Waals surface area contributed by atoms with Crippen molar-refractivity contribution < 1.29 is 4.79 Å². The van der Waals surface area contributed by atoms with E-state index in [1.165, 1.54) is 31.4 Å². The number of carbonyl (C=O) groups excluding carboxylic acids is 1. The number of hydrogen-bond acceptors (Lipinski definition) is 3. The summed E-state index contributed by atoms with van der Waals surface area (Å²) in [7, 11) is 0. The molecule has 0 aliphatic carbocycles. The third-order valence-electron chi connectivity index (χ3n) is 4.79. The van der Waals surface area contributed by atoms with Crippen molar-refractivity contribution in [3.63, 3.8) is 0 Å². The fraction of sp³-hybridized carbons (Fsp3) is 0.611. The second-order valence-corrected chi connectivity index (χ2v) is 6.47. The van der Waals surface area contributed by atoms with E-state index in [2.05, 4.69) is 33.7 Å². The molecule has 4 nitrogen and oxygen atoms in total. The molecule has 3 rings (SSSR count). The van der Waals surface area contributed by atoms with Crippen molar-refractivity contribution in [3.8, 4) is 0 Å². The van der Waals surface area contributed by atoms with Crippen LogP contribution >= 0.6 is 12.4 Å². The summed E-state index contributed by atoms with van der Waals surface area (Å²) in [5.74, 6) is 0.331. The Labute approximate surface area is 145 Å². The van der Waals surface area contributed by atoms with Crippen molar-refractivity contribution in [2.45, 2.75) is 38.5 Å². The summed E-state index contributed by atoms with van der Waals surface area (Å²) in [4.78, 5) is 14.8. The number of amides is 1. The number of nitrogens with zero attached hydrogens (tertiary/aromatic N) is 1. The third-order valence-corrected chi connectivity index (χ3v) is 4.79. The van der Waals surface area contributed by atoms with Crippen LogP contribution in [-0.4, -0.2) is 32.1 Å². The van der Waals surface area contributed by atoms with Crippen LogP contribution in [0.5, 0.6) is 0 Å². The lowest BCUT2D eigenvalue weighted by atomic mass is 9.97. The Morgan fingerprint density at radius 2 is 1.78 bits per heavy atom. The summed E-state index contributed by atoms with van der Waals surface area (Å²) in [5.41, 5.74) is 2.18. The molecule has 1 amide bonds. The first-order valence-electron chi connectivity index (χ1n) is 8.69. The molecule has 128 valence electrons. The number of hydrogen-bond donors (Lipinski definition) is 2. The zero-order chi connectivity index (χ0) is 15.2. The van der Waals surface area contributed by atoms with E-state index in [0.29, 0.717) is 0 Å². The normalized spacial score (nSPS) is 19.6. The van der Waals surface area contributed by atoms with Crippen molar-refractivity contribution >= 4 is 29.7 Å². The van der Waals surface area contributed by atoms with Crippen LogP contribution in [0.15, 0.2) is 24.3 Å². The number of nitrogens with one attached hydrogen (secondary N) is 2.